The van der Waals surface area contributed by atoms with Crippen LogP contribution in [0.1, 0.15) is 16.1 Å². The standard InChI is InChI=1S/C16H13ClN4O3S2/c1-10-6-7-18-16(19-10)21-26(23,24)12-4-2-11(3-5-12)20-15(22)13-8-25-9-14(13)17/h2-9H,1H3,(H,20,22)(H,18,19,21). The van der Waals surface area contributed by atoms with E-state index in [-0.39, 0.29) is 16.8 Å². The van der Waals surface area contributed by atoms with Gasteiger partial charge in [0.25, 0.3) is 15.9 Å². The number of benzene rings is 1. The van der Waals surface area contributed by atoms with E-state index >= 15 is 0 Å². The zero-order valence-corrected chi connectivity index (χ0v) is 15.8. The van der Waals surface area contributed by atoms with E-state index in [4.69, 9.17) is 11.6 Å². The summed E-state index contributed by atoms with van der Waals surface area (Å²) in [6, 6.07) is 7.40. The van der Waals surface area contributed by atoms with Gasteiger partial charge in [0, 0.05) is 28.3 Å². The molecular weight excluding hydrogens is 396 g/mol. The number of aryl methyl sites for hydroxylation is 1. The molecule has 0 saturated heterocycles. The number of nitrogens with one attached hydrogen (secondary N) is 2. The van der Waals surface area contributed by atoms with Gasteiger partial charge in [-0.05, 0) is 37.3 Å². The van der Waals surface area contributed by atoms with Crippen LogP contribution in [0.4, 0.5) is 11.6 Å². The molecule has 2 heterocycles. The molecule has 0 aliphatic carbocycles. The van der Waals surface area contributed by atoms with E-state index in [0.717, 1.165) is 0 Å². The second-order valence-electron chi connectivity index (χ2n) is 5.24. The third kappa shape index (κ3) is 4.18. The summed E-state index contributed by atoms with van der Waals surface area (Å²) >= 11 is 7.24. The van der Waals surface area contributed by atoms with E-state index in [2.05, 4.69) is 20.0 Å². The van der Waals surface area contributed by atoms with Crippen molar-refractivity contribution in [2.24, 2.45) is 0 Å². The summed E-state index contributed by atoms with van der Waals surface area (Å²) in [4.78, 5) is 20.0. The molecule has 0 aliphatic heterocycles. The summed E-state index contributed by atoms with van der Waals surface area (Å²) in [5.74, 6) is -0.368. The number of carbonyl (C=O) groups is 1. The van der Waals surface area contributed by atoms with Gasteiger partial charge in [-0.2, -0.15) is 0 Å². The third-order valence-electron chi connectivity index (χ3n) is 3.30. The molecule has 26 heavy (non-hydrogen) atoms. The van der Waals surface area contributed by atoms with Crippen LogP contribution in [0.25, 0.3) is 0 Å². The zero-order chi connectivity index (χ0) is 18.7. The number of carbonyl (C=O) groups excluding carboxylic acids is 1. The van der Waals surface area contributed by atoms with Crippen molar-refractivity contribution in [2.45, 2.75) is 11.8 Å². The highest BCUT2D eigenvalue weighted by Crippen LogP contribution is 2.22. The van der Waals surface area contributed by atoms with Gasteiger partial charge in [-0.25, -0.2) is 23.1 Å². The van der Waals surface area contributed by atoms with Crippen LogP contribution in [-0.2, 0) is 10.0 Å². The molecule has 2 N–H and O–H groups in total. The lowest BCUT2D eigenvalue weighted by molar-refractivity contribution is 0.102. The van der Waals surface area contributed by atoms with Gasteiger partial charge in [0.2, 0.25) is 5.95 Å². The van der Waals surface area contributed by atoms with Crippen LogP contribution < -0.4 is 10.0 Å². The molecule has 0 atom stereocenters. The lowest BCUT2D eigenvalue weighted by Gasteiger charge is -2.08. The molecule has 0 bridgehead atoms. The summed E-state index contributed by atoms with van der Waals surface area (Å²) in [5, 5.41) is 6.33. The Kier molecular flexibility index (Phi) is 5.21. The Morgan fingerprint density at radius 2 is 1.88 bits per heavy atom. The Morgan fingerprint density at radius 1 is 1.15 bits per heavy atom. The van der Waals surface area contributed by atoms with Gasteiger partial charge in [0.05, 0.1) is 15.5 Å². The monoisotopic (exact) mass is 408 g/mol. The number of aromatic nitrogens is 2. The van der Waals surface area contributed by atoms with Crippen molar-refractivity contribution in [3.63, 3.8) is 0 Å². The quantitative estimate of drug-likeness (QED) is 0.672. The second kappa shape index (κ2) is 7.40. The maximum absolute atomic E-state index is 12.4. The summed E-state index contributed by atoms with van der Waals surface area (Å²) in [7, 11) is -3.83. The minimum Gasteiger partial charge on any atom is -0.322 e. The van der Waals surface area contributed by atoms with E-state index in [0.29, 0.717) is 22.0 Å². The van der Waals surface area contributed by atoms with Gasteiger partial charge in [0.1, 0.15) is 0 Å². The molecule has 0 aliphatic rings. The zero-order valence-electron chi connectivity index (χ0n) is 13.4. The molecule has 134 valence electrons. The molecule has 10 heteroatoms. The van der Waals surface area contributed by atoms with Crippen molar-refractivity contribution in [3.8, 4) is 0 Å². The van der Waals surface area contributed by atoms with Gasteiger partial charge < -0.3 is 5.32 Å². The maximum atomic E-state index is 12.4. The van der Waals surface area contributed by atoms with Gasteiger partial charge in [0.15, 0.2) is 0 Å². The Labute approximate surface area is 159 Å². The van der Waals surface area contributed by atoms with Crippen LogP contribution in [0.2, 0.25) is 5.02 Å². The van der Waals surface area contributed by atoms with Gasteiger partial charge in [-0.3, -0.25) is 4.79 Å². The van der Waals surface area contributed by atoms with E-state index in [9.17, 15) is 13.2 Å². The molecule has 1 aromatic carbocycles. The SMILES string of the molecule is Cc1ccnc(NS(=O)(=O)c2ccc(NC(=O)c3cscc3Cl)cc2)n1. The minimum atomic E-state index is -3.83. The van der Waals surface area contributed by atoms with Gasteiger partial charge in [-0.1, -0.05) is 11.6 Å². The molecule has 0 unspecified atom stereocenters. The molecule has 3 aromatic rings. The van der Waals surface area contributed by atoms with Crippen LogP contribution in [0, 0.1) is 6.92 Å². The van der Waals surface area contributed by atoms with Crippen LogP contribution in [0.5, 0.6) is 0 Å². The largest absolute Gasteiger partial charge is 0.322 e. The van der Waals surface area contributed by atoms with Crippen molar-refractivity contribution < 1.29 is 13.2 Å². The average Bonchev–Trinajstić information content (AvgIpc) is 3.01. The average molecular weight is 409 g/mol. The lowest BCUT2D eigenvalue weighted by atomic mass is 10.3. The first-order chi connectivity index (χ1) is 12.3. The van der Waals surface area contributed by atoms with Crippen molar-refractivity contribution in [1.29, 1.82) is 0 Å². The predicted molar refractivity (Wildman–Crippen MR) is 101 cm³/mol. The first-order valence-corrected chi connectivity index (χ1v) is 10.1. The van der Waals surface area contributed by atoms with E-state index in [1.165, 1.54) is 41.8 Å². The van der Waals surface area contributed by atoms with Crippen molar-refractivity contribution >= 4 is 50.5 Å². The Morgan fingerprint density at radius 3 is 2.50 bits per heavy atom. The predicted octanol–water partition coefficient (Wildman–Crippen LogP) is 3.55. The van der Waals surface area contributed by atoms with Crippen molar-refractivity contribution in [1.82, 2.24) is 9.97 Å². The molecule has 2 aromatic heterocycles. The first-order valence-electron chi connectivity index (χ1n) is 7.31. The number of amides is 1. The Balaban J connectivity index is 1.74. The Hall–Kier alpha value is -2.49. The third-order valence-corrected chi connectivity index (χ3v) is 5.83. The number of rotatable bonds is 5. The van der Waals surface area contributed by atoms with Crippen LogP contribution in [0.3, 0.4) is 0 Å². The fourth-order valence-electron chi connectivity index (χ4n) is 2.04. The molecule has 0 saturated carbocycles. The van der Waals surface area contributed by atoms with E-state index in [1.54, 1.807) is 23.8 Å². The fourth-order valence-corrected chi connectivity index (χ4v) is 4.03. The number of hydrogen-bond acceptors (Lipinski definition) is 6. The summed E-state index contributed by atoms with van der Waals surface area (Å²) in [6.07, 6.45) is 1.47. The topological polar surface area (TPSA) is 101 Å². The normalized spacial score (nSPS) is 11.2. The molecule has 0 fully saturated rings. The maximum Gasteiger partial charge on any atom is 0.264 e. The number of sulfonamides is 1. The molecule has 0 radical (unpaired) electrons. The summed E-state index contributed by atoms with van der Waals surface area (Å²) in [5.41, 5.74) is 1.46. The number of nitrogens with zero attached hydrogens (tertiary/aromatic N) is 2. The summed E-state index contributed by atoms with van der Waals surface area (Å²) < 4.78 is 27.1. The van der Waals surface area contributed by atoms with Crippen LogP contribution in [0.15, 0.2) is 52.2 Å². The molecule has 0 spiro atoms. The van der Waals surface area contributed by atoms with Crippen LogP contribution >= 0.6 is 22.9 Å². The van der Waals surface area contributed by atoms with E-state index < -0.39 is 10.0 Å². The lowest BCUT2D eigenvalue weighted by Crippen LogP contribution is -2.15. The highest BCUT2D eigenvalue weighted by molar-refractivity contribution is 7.92. The molecule has 7 nitrogen and oxygen atoms in total. The van der Waals surface area contributed by atoms with Gasteiger partial charge >= 0.3 is 0 Å². The summed E-state index contributed by atoms with van der Waals surface area (Å²) in [6.45, 7) is 1.73. The highest BCUT2D eigenvalue weighted by Gasteiger charge is 2.16. The first kappa shape index (κ1) is 18.3. The number of halogens is 1. The van der Waals surface area contributed by atoms with Crippen LogP contribution in [-0.4, -0.2) is 24.3 Å². The molecule has 3 rings (SSSR count). The molecule has 1 amide bonds. The second-order valence-corrected chi connectivity index (χ2v) is 8.07. The fraction of sp³-hybridized carbons (Fsp3) is 0.0625. The van der Waals surface area contributed by atoms with Crippen molar-refractivity contribution in [2.75, 3.05) is 10.0 Å². The molecular formula is C16H13ClN4O3S2. The van der Waals surface area contributed by atoms with Crippen molar-refractivity contribution in [3.05, 3.63) is 63.6 Å². The number of anilines is 2. The number of hydrogen-bond donors (Lipinski definition) is 2. The Bertz CT molecular complexity index is 1050. The smallest absolute Gasteiger partial charge is 0.264 e. The van der Waals surface area contributed by atoms with Gasteiger partial charge in [-0.15, -0.1) is 11.3 Å². The number of thiophene rings is 1. The van der Waals surface area contributed by atoms with E-state index in [1.807, 2.05) is 0 Å². The highest BCUT2D eigenvalue weighted by atomic mass is 35.5. The minimum absolute atomic E-state index is 0.00511.